The fraction of sp³-hybridized carbons (Fsp3) is 0.500. The molecule has 0 spiro atoms. The minimum Gasteiger partial charge on any atom is -0.481 e. The quantitative estimate of drug-likeness (QED) is 0.826. The van der Waals surface area contributed by atoms with Gasteiger partial charge in [0.2, 0.25) is 5.91 Å². The predicted octanol–water partition coefficient (Wildman–Crippen LogP) is 2.19. The Bertz CT molecular complexity index is 454. The van der Waals surface area contributed by atoms with E-state index in [1.807, 2.05) is 6.07 Å². The summed E-state index contributed by atoms with van der Waals surface area (Å²) in [5.74, 6) is -0.904. The Kier molecular flexibility index (Phi) is 8.80. The zero-order valence-electron chi connectivity index (χ0n) is 11.3. The van der Waals surface area contributed by atoms with Crippen molar-refractivity contribution in [2.75, 3.05) is 27.2 Å². The highest BCUT2D eigenvalue weighted by atomic mass is 35.5. The molecule has 1 amide bonds. The van der Waals surface area contributed by atoms with E-state index in [-0.39, 0.29) is 31.3 Å². The second kappa shape index (κ2) is 9.18. The van der Waals surface area contributed by atoms with Crippen LogP contribution in [-0.2, 0) is 16.1 Å². The predicted molar refractivity (Wildman–Crippen MR) is 82.8 cm³/mol. The van der Waals surface area contributed by atoms with Crippen LogP contribution in [-0.4, -0.2) is 54.0 Å². The lowest BCUT2D eigenvalue weighted by atomic mass is 10.3. The van der Waals surface area contributed by atoms with Crippen molar-refractivity contribution < 1.29 is 14.7 Å². The van der Waals surface area contributed by atoms with Crippen LogP contribution < -0.4 is 0 Å². The van der Waals surface area contributed by atoms with E-state index in [9.17, 15) is 9.59 Å². The van der Waals surface area contributed by atoms with Gasteiger partial charge in [0.25, 0.3) is 0 Å². The van der Waals surface area contributed by atoms with Gasteiger partial charge in [0, 0.05) is 18.5 Å². The Labute approximate surface area is 133 Å². The molecule has 0 radical (unpaired) electrons. The monoisotopic (exact) mass is 340 g/mol. The highest BCUT2D eigenvalue weighted by molar-refractivity contribution is 7.16. The lowest BCUT2D eigenvalue weighted by Gasteiger charge is -2.21. The molecule has 0 aliphatic heterocycles. The summed E-state index contributed by atoms with van der Waals surface area (Å²) in [6.45, 7) is 1.09. The van der Waals surface area contributed by atoms with E-state index in [0.717, 1.165) is 4.88 Å². The highest BCUT2D eigenvalue weighted by Crippen LogP contribution is 2.22. The Balaban J connectivity index is 0.00000361. The largest absolute Gasteiger partial charge is 0.481 e. The lowest BCUT2D eigenvalue weighted by Crippen LogP contribution is -2.36. The summed E-state index contributed by atoms with van der Waals surface area (Å²) in [5, 5.41) is 8.57. The summed E-state index contributed by atoms with van der Waals surface area (Å²) < 4.78 is 0.703. The Morgan fingerprint density at radius 3 is 2.50 bits per heavy atom. The molecular formula is C12H18Cl2N2O3S. The number of hydrogen-bond acceptors (Lipinski definition) is 4. The number of nitrogens with zero attached hydrogens (tertiary/aromatic N) is 2. The van der Waals surface area contributed by atoms with Crippen LogP contribution in [0.5, 0.6) is 0 Å². The second-order valence-electron chi connectivity index (χ2n) is 4.34. The van der Waals surface area contributed by atoms with E-state index in [0.29, 0.717) is 17.4 Å². The van der Waals surface area contributed by atoms with Gasteiger partial charge in [0.15, 0.2) is 0 Å². The Morgan fingerprint density at radius 2 is 2.00 bits per heavy atom. The number of carbonyl (C=O) groups is 2. The molecule has 0 unspecified atom stereocenters. The van der Waals surface area contributed by atoms with Crippen molar-refractivity contribution in [3.05, 3.63) is 21.3 Å². The third-order valence-corrected chi connectivity index (χ3v) is 3.78. The average molecular weight is 341 g/mol. The van der Waals surface area contributed by atoms with Gasteiger partial charge in [-0.25, -0.2) is 0 Å². The summed E-state index contributed by atoms with van der Waals surface area (Å²) in [7, 11) is 3.46. The lowest BCUT2D eigenvalue weighted by molar-refractivity contribution is -0.138. The number of carbonyl (C=O) groups excluding carboxylic acids is 1. The summed E-state index contributed by atoms with van der Waals surface area (Å²) >= 11 is 7.28. The zero-order valence-corrected chi connectivity index (χ0v) is 13.7. The smallest absolute Gasteiger partial charge is 0.304 e. The number of amides is 1. The maximum absolute atomic E-state index is 11.9. The van der Waals surface area contributed by atoms with Gasteiger partial charge in [0.05, 0.1) is 23.8 Å². The number of carboxylic acid groups (broad SMARTS) is 1. The molecule has 114 valence electrons. The number of aliphatic carboxylic acids is 1. The first-order valence-electron chi connectivity index (χ1n) is 5.77. The summed E-state index contributed by atoms with van der Waals surface area (Å²) in [5.41, 5.74) is 0. The molecule has 0 saturated carbocycles. The van der Waals surface area contributed by atoms with Crippen LogP contribution >= 0.6 is 35.3 Å². The summed E-state index contributed by atoms with van der Waals surface area (Å²) in [6.07, 6.45) is 0.0357. The van der Waals surface area contributed by atoms with Gasteiger partial charge in [-0.2, -0.15) is 0 Å². The normalized spacial score (nSPS) is 10.2. The van der Waals surface area contributed by atoms with E-state index in [2.05, 4.69) is 0 Å². The zero-order chi connectivity index (χ0) is 14.4. The molecule has 8 heteroatoms. The number of hydrogen-bond donors (Lipinski definition) is 1. The molecule has 1 N–H and O–H groups in total. The van der Waals surface area contributed by atoms with Crippen LogP contribution in [0, 0.1) is 0 Å². The van der Waals surface area contributed by atoms with Gasteiger partial charge in [-0.05, 0) is 19.2 Å². The molecule has 5 nitrogen and oxygen atoms in total. The standard InChI is InChI=1S/C12H17ClN2O3S.ClH/c1-14(6-5-12(17)18)8-11(16)15(2)7-9-3-4-10(13)19-9;/h3-4H,5-8H2,1-2H3,(H,17,18);1H. The summed E-state index contributed by atoms with van der Waals surface area (Å²) in [4.78, 5) is 26.7. The molecule has 1 heterocycles. The van der Waals surface area contributed by atoms with Crippen LogP contribution in [0.1, 0.15) is 11.3 Å². The fourth-order valence-corrected chi connectivity index (χ4v) is 2.62. The topological polar surface area (TPSA) is 60.9 Å². The molecule has 0 fully saturated rings. The molecule has 0 aliphatic carbocycles. The number of thiophene rings is 1. The first kappa shape index (κ1) is 19.2. The van der Waals surface area contributed by atoms with Crippen molar-refractivity contribution in [1.82, 2.24) is 9.80 Å². The third-order valence-electron chi connectivity index (χ3n) is 2.56. The van der Waals surface area contributed by atoms with E-state index in [4.69, 9.17) is 16.7 Å². The van der Waals surface area contributed by atoms with Crippen molar-refractivity contribution >= 4 is 47.2 Å². The van der Waals surface area contributed by atoms with Crippen LogP contribution in [0.25, 0.3) is 0 Å². The van der Waals surface area contributed by atoms with Crippen molar-refractivity contribution in [1.29, 1.82) is 0 Å². The Morgan fingerprint density at radius 1 is 1.35 bits per heavy atom. The van der Waals surface area contributed by atoms with Crippen molar-refractivity contribution in [2.24, 2.45) is 0 Å². The minimum atomic E-state index is -0.860. The molecule has 1 rings (SSSR count). The molecule has 1 aromatic heterocycles. The van der Waals surface area contributed by atoms with Crippen LogP contribution in [0.2, 0.25) is 4.34 Å². The maximum Gasteiger partial charge on any atom is 0.304 e. The van der Waals surface area contributed by atoms with Crippen molar-refractivity contribution in [3.8, 4) is 0 Å². The highest BCUT2D eigenvalue weighted by Gasteiger charge is 2.13. The molecule has 0 saturated heterocycles. The molecular weight excluding hydrogens is 323 g/mol. The second-order valence-corrected chi connectivity index (χ2v) is 6.14. The fourth-order valence-electron chi connectivity index (χ4n) is 1.48. The molecule has 0 aliphatic rings. The van der Waals surface area contributed by atoms with Crippen LogP contribution in [0.15, 0.2) is 12.1 Å². The maximum atomic E-state index is 11.9. The van der Waals surface area contributed by atoms with Gasteiger partial charge in [-0.1, -0.05) is 11.6 Å². The molecule has 20 heavy (non-hydrogen) atoms. The first-order chi connectivity index (χ1) is 8.88. The van der Waals surface area contributed by atoms with E-state index in [1.54, 1.807) is 30.0 Å². The average Bonchev–Trinajstić information content (AvgIpc) is 2.72. The Hall–Kier alpha value is -0.820. The molecule has 0 aromatic carbocycles. The van der Waals surface area contributed by atoms with Gasteiger partial charge in [-0.3, -0.25) is 14.5 Å². The third kappa shape index (κ3) is 7.09. The van der Waals surface area contributed by atoms with Crippen LogP contribution in [0.3, 0.4) is 0 Å². The van der Waals surface area contributed by atoms with Crippen molar-refractivity contribution in [2.45, 2.75) is 13.0 Å². The van der Waals surface area contributed by atoms with E-state index < -0.39 is 5.97 Å². The van der Waals surface area contributed by atoms with Crippen molar-refractivity contribution in [3.63, 3.8) is 0 Å². The van der Waals surface area contributed by atoms with Gasteiger partial charge >= 0.3 is 5.97 Å². The number of halogens is 2. The number of carboxylic acids is 1. The van der Waals surface area contributed by atoms with Gasteiger partial charge in [-0.15, -0.1) is 23.7 Å². The number of rotatable bonds is 7. The number of likely N-dealkylation sites (N-methyl/N-ethyl adjacent to an activating group) is 2. The summed E-state index contributed by atoms with van der Waals surface area (Å²) in [6, 6.07) is 3.70. The van der Waals surface area contributed by atoms with Gasteiger partial charge in [0.1, 0.15) is 0 Å². The van der Waals surface area contributed by atoms with Gasteiger partial charge < -0.3 is 10.0 Å². The minimum absolute atomic E-state index is 0. The SMILES string of the molecule is CN(CCC(=O)O)CC(=O)N(C)Cc1ccc(Cl)s1.Cl. The van der Waals surface area contributed by atoms with E-state index >= 15 is 0 Å². The first-order valence-corrected chi connectivity index (χ1v) is 6.96. The van der Waals surface area contributed by atoms with Crippen LogP contribution in [0.4, 0.5) is 0 Å². The molecule has 0 bridgehead atoms. The molecule has 1 aromatic rings. The molecule has 0 atom stereocenters. The van der Waals surface area contributed by atoms with E-state index in [1.165, 1.54) is 11.3 Å².